The summed E-state index contributed by atoms with van der Waals surface area (Å²) in [4.78, 5) is 12.5. The van der Waals surface area contributed by atoms with Gasteiger partial charge in [0.1, 0.15) is 5.82 Å². The van der Waals surface area contributed by atoms with Crippen molar-refractivity contribution in [1.29, 1.82) is 0 Å². The van der Waals surface area contributed by atoms with Crippen molar-refractivity contribution in [2.75, 3.05) is 9.62 Å². The molecule has 0 radical (unpaired) electrons. The van der Waals surface area contributed by atoms with Crippen molar-refractivity contribution in [3.05, 3.63) is 107 Å². The molecule has 7 heteroatoms. The fourth-order valence-electron chi connectivity index (χ4n) is 3.16. The number of carbonyl (C=O) groups is 1. The van der Waals surface area contributed by atoms with Crippen molar-refractivity contribution in [3.63, 3.8) is 0 Å². The minimum absolute atomic E-state index is 0.0739. The topological polar surface area (TPSA) is 66.5 Å². The third kappa shape index (κ3) is 3.52. The lowest BCUT2D eigenvalue weighted by molar-refractivity contribution is 0.104. The average molecular weight is 408 g/mol. The van der Waals surface area contributed by atoms with Gasteiger partial charge in [0.15, 0.2) is 4.91 Å². The van der Waals surface area contributed by atoms with Crippen LogP contribution in [0.1, 0.15) is 15.9 Å². The maximum Gasteiger partial charge on any atom is 0.270 e. The Labute approximate surface area is 168 Å². The van der Waals surface area contributed by atoms with Gasteiger partial charge in [-0.15, -0.1) is 0 Å². The van der Waals surface area contributed by atoms with E-state index < -0.39 is 26.5 Å². The molecule has 29 heavy (non-hydrogen) atoms. The van der Waals surface area contributed by atoms with Crippen molar-refractivity contribution in [3.8, 4) is 0 Å². The molecule has 1 heterocycles. The van der Waals surface area contributed by atoms with E-state index in [1.165, 1.54) is 22.5 Å². The second kappa shape index (κ2) is 7.52. The van der Waals surface area contributed by atoms with Gasteiger partial charge in [-0.3, -0.25) is 9.10 Å². The number of carbonyl (C=O) groups excluding carboxylic acids is 1. The maximum absolute atomic E-state index is 13.9. The van der Waals surface area contributed by atoms with Crippen LogP contribution < -0.4 is 9.62 Å². The molecule has 0 aliphatic carbocycles. The largest absolute Gasteiger partial charge is 0.358 e. The highest BCUT2D eigenvalue weighted by atomic mass is 32.2. The highest BCUT2D eigenvalue weighted by Gasteiger charge is 2.40. The normalized spacial score (nSPS) is 16.5. The van der Waals surface area contributed by atoms with Gasteiger partial charge in [-0.05, 0) is 29.8 Å². The average Bonchev–Trinajstić information content (AvgIpc) is 2.73. The van der Waals surface area contributed by atoms with Gasteiger partial charge in [-0.25, -0.2) is 12.8 Å². The minimum atomic E-state index is -4.15. The Morgan fingerprint density at radius 3 is 2.31 bits per heavy atom. The van der Waals surface area contributed by atoms with Crippen molar-refractivity contribution in [1.82, 2.24) is 0 Å². The molecular weight excluding hydrogens is 391 g/mol. The van der Waals surface area contributed by atoms with Gasteiger partial charge in [0.25, 0.3) is 10.0 Å². The maximum atomic E-state index is 13.9. The summed E-state index contributed by atoms with van der Waals surface area (Å²) >= 11 is 0. The van der Waals surface area contributed by atoms with Crippen molar-refractivity contribution in [2.24, 2.45) is 0 Å². The summed E-state index contributed by atoms with van der Waals surface area (Å²) in [5.41, 5.74) is 1.46. The van der Waals surface area contributed by atoms with Crippen LogP contribution in [-0.2, 0) is 16.6 Å². The van der Waals surface area contributed by atoms with E-state index >= 15 is 0 Å². The molecular formula is C22H17FN2O3S. The fraction of sp³-hybridized carbons (Fsp3) is 0.0455. The van der Waals surface area contributed by atoms with Crippen LogP contribution in [-0.4, -0.2) is 14.2 Å². The number of hydrogen-bond acceptors (Lipinski definition) is 4. The Bertz CT molecular complexity index is 1210. The van der Waals surface area contributed by atoms with E-state index in [1.807, 2.05) is 30.3 Å². The number of sulfonamides is 1. The molecule has 5 nitrogen and oxygen atoms in total. The van der Waals surface area contributed by atoms with E-state index in [1.54, 1.807) is 30.3 Å². The second-order valence-corrected chi connectivity index (χ2v) is 8.31. The summed E-state index contributed by atoms with van der Waals surface area (Å²) in [7, 11) is -4.15. The summed E-state index contributed by atoms with van der Waals surface area (Å²) in [6.07, 6.45) is 1.06. The summed E-state index contributed by atoms with van der Waals surface area (Å²) in [5, 5.41) is 2.62. The van der Waals surface area contributed by atoms with Gasteiger partial charge >= 0.3 is 0 Å². The standard InChI is InChI=1S/C22H17FN2O3S/c23-18-11-5-6-12-19(18)24-14-21-22(26)17-10-4-7-13-20(17)25(29(21,27)28)15-16-8-2-1-3-9-16/h1-14,24H,15H2/b21-14+. The van der Waals surface area contributed by atoms with E-state index in [4.69, 9.17) is 0 Å². The van der Waals surface area contributed by atoms with Crippen LogP contribution in [0, 0.1) is 5.82 Å². The molecule has 0 amide bonds. The number of Topliss-reactive ketones (excluding diaryl/α,β-unsaturated/α-hetero) is 1. The Morgan fingerprint density at radius 1 is 0.897 bits per heavy atom. The van der Waals surface area contributed by atoms with E-state index in [0.717, 1.165) is 11.8 Å². The number of para-hydroxylation sites is 2. The molecule has 1 aliphatic heterocycles. The van der Waals surface area contributed by atoms with Crippen LogP contribution in [0.15, 0.2) is 90.0 Å². The van der Waals surface area contributed by atoms with Gasteiger partial charge in [0.05, 0.1) is 17.9 Å². The van der Waals surface area contributed by atoms with Gasteiger partial charge < -0.3 is 5.32 Å². The molecule has 3 aromatic carbocycles. The third-order valence-electron chi connectivity index (χ3n) is 4.61. The lowest BCUT2D eigenvalue weighted by Crippen LogP contribution is -2.39. The molecule has 0 fully saturated rings. The second-order valence-electron chi connectivity index (χ2n) is 6.48. The molecule has 0 unspecified atom stereocenters. The zero-order valence-corrected chi connectivity index (χ0v) is 16.1. The first-order valence-electron chi connectivity index (χ1n) is 8.90. The number of ketones is 1. The number of fused-ring (bicyclic) bond motifs is 1. The van der Waals surface area contributed by atoms with E-state index in [-0.39, 0.29) is 17.8 Å². The highest BCUT2D eigenvalue weighted by molar-refractivity contribution is 7.97. The molecule has 0 bridgehead atoms. The van der Waals surface area contributed by atoms with Crippen LogP contribution in [0.25, 0.3) is 0 Å². The van der Waals surface area contributed by atoms with Crippen molar-refractivity contribution >= 4 is 27.2 Å². The number of anilines is 2. The van der Waals surface area contributed by atoms with Gasteiger partial charge in [-0.2, -0.15) is 0 Å². The predicted molar refractivity (Wildman–Crippen MR) is 110 cm³/mol. The van der Waals surface area contributed by atoms with Gasteiger partial charge in [0, 0.05) is 11.8 Å². The fourth-order valence-corrected chi connectivity index (χ4v) is 4.69. The van der Waals surface area contributed by atoms with Gasteiger partial charge in [0.2, 0.25) is 5.78 Å². The zero-order valence-electron chi connectivity index (χ0n) is 15.2. The molecule has 0 aromatic heterocycles. The number of nitrogens with zero attached hydrogens (tertiary/aromatic N) is 1. The van der Waals surface area contributed by atoms with Crippen LogP contribution in [0.5, 0.6) is 0 Å². The van der Waals surface area contributed by atoms with Gasteiger partial charge in [-0.1, -0.05) is 54.6 Å². The molecule has 1 N–H and O–H groups in total. The van der Waals surface area contributed by atoms with Crippen molar-refractivity contribution < 1.29 is 17.6 Å². The molecule has 0 atom stereocenters. The van der Waals surface area contributed by atoms with Crippen LogP contribution in [0.3, 0.4) is 0 Å². The Hall–Kier alpha value is -3.45. The Balaban J connectivity index is 1.80. The first-order valence-corrected chi connectivity index (χ1v) is 10.3. The number of allylic oxidation sites excluding steroid dienone is 1. The molecule has 1 aliphatic rings. The summed E-state index contributed by atoms with van der Waals surface area (Å²) in [6.45, 7) is 0.0739. The van der Waals surface area contributed by atoms with E-state index in [2.05, 4.69) is 5.32 Å². The number of benzene rings is 3. The quantitative estimate of drug-likeness (QED) is 0.653. The lowest BCUT2D eigenvalue weighted by atomic mass is 10.1. The third-order valence-corrected chi connectivity index (χ3v) is 6.38. The SMILES string of the molecule is O=C1/C(=C\Nc2ccccc2F)S(=O)(=O)N(Cc2ccccc2)c2ccccc21. The monoisotopic (exact) mass is 408 g/mol. The number of nitrogens with one attached hydrogen (secondary N) is 1. The first kappa shape index (κ1) is 18.9. The molecule has 0 saturated carbocycles. The summed E-state index contributed by atoms with van der Waals surface area (Å²) in [6, 6.07) is 21.5. The summed E-state index contributed by atoms with van der Waals surface area (Å²) < 4.78 is 41.7. The van der Waals surface area contributed by atoms with E-state index in [0.29, 0.717) is 5.69 Å². The first-order chi connectivity index (χ1) is 14.0. The minimum Gasteiger partial charge on any atom is -0.358 e. The zero-order chi connectivity index (χ0) is 20.4. The number of halogens is 1. The summed E-state index contributed by atoms with van der Waals surface area (Å²) in [5.74, 6) is -1.18. The smallest absolute Gasteiger partial charge is 0.270 e. The molecule has 0 spiro atoms. The number of hydrogen-bond donors (Lipinski definition) is 1. The Kier molecular flexibility index (Phi) is 4.90. The van der Waals surface area contributed by atoms with E-state index in [9.17, 15) is 17.6 Å². The molecule has 0 saturated heterocycles. The van der Waals surface area contributed by atoms with Crippen LogP contribution >= 0.6 is 0 Å². The molecule has 146 valence electrons. The Morgan fingerprint density at radius 2 is 1.55 bits per heavy atom. The highest BCUT2D eigenvalue weighted by Crippen LogP contribution is 2.36. The molecule has 3 aromatic rings. The number of rotatable bonds is 4. The predicted octanol–water partition coefficient (Wildman–Crippen LogP) is 4.31. The van der Waals surface area contributed by atoms with Crippen LogP contribution in [0.4, 0.5) is 15.8 Å². The molecule has 4 rings (SSSR count). The van der Waals surface area contributed by atoms with Crippen LogP contribution in [0.2, 0.25) is 0 Å². The van der Waals surface area contributed by atoms with Crippen molar-refractivity contribution in [2.45, 2.75) is 6.54 Å². The lowest BCUT2D eigenvalue weighted by Gasteiger charge is -2.31.